The summed E-state index contributed by atoms with van der Waals surface area (Å²) in [7, 11) is 0. The summed E-state index contributed by atoms with van der Waals surface area (Å²) in [5, 5.41) is 2.66. The van der Waals surface area contributed by atoms with Crippen LogP contribution in [0.2, 0.25) is 0 Å². The molecule has 1 unspecified atom stereocenters. The van der Waals surface area contributed by atoms with E-state index >= 15 is 0 Å². The van der Waals surface area contributed by atoms with E-state index < -0.39 is 17.7 Å². The van der Waals surface area contributed by atoms with Crippen molar-refractivity contribution in [1.82, 2.24) is 4.98 Å². The standard InChI is InChI=1S/C13H14F2N2S/c1-7(2)11-6-18-13(17-11)12(16)8-3-4-9(14)10(15)5-8/h3-7,12H,16H2,1-2H3. The minimum Gasteiger partial charge on any atom is -0.318 e. The molecule has 0 aliphatic carbocycles. The molecule has 1 aromatic heterocycles. The van der Waals surface area contributed by atoms with Crippen LogP contribution in [0.1, 0.15) is 42.1 Å². The average molecular weight is 268 g/mol. The van der Waals surface area contributed by atoms with Gasteiger partial charge in [-0.25, -0.2) is 13.8 Å². The molecule has 0 saturated carbocycles. The molecule has 0 radical (unpaired) electrons. The fourth-order valence-electron chi connectivity index (χ4n) is 1.56. The fraction of sp³-hybridized carbons (Fsp3) is 0.308. The van der Waals surface area contributed by atoms with Crippen molar-refractivity contribution in [3.63, 3.8) is 0 Å². The van der Waals surface area contributed by atoms with Crippen molar-refractivity contribution in [2.75, 3.05) is 0 Å². The van der Waals surface area contributed by atoms with E-state index in [2.05, 4.69) is 4.98 Å². The number of rotatable bonds is 3. The number of aromatic nitrogens is 1. The molecule has 1 aromatic carbocycles. The molecule has 2 rings (SSSR count). The van der Waals surface area contributed by atoms with Crippen LogP contribution in [0, 0.1) is 11.6 Å². The van der Waals surface area contributed by atoms with Gasteiger partial charge in [0.25, 0.3) is 0 Å². The highest BCUT2D eigenvalue weighted by atomic mass is 32.1. The molecule has 0 fully saturated rings. The maximum Gasteiger partial charge on any atom is 0.159 e. The van der Waals surface area contributed by atoms with Crippen molar-refractivity contribution in [2.24, 2.45) is 5.73 Å². The van der Waals surface area contributed by atoms with Crippen molar-refractivity contribution in [1.29, 1.82) is 0 Å². The Morgan fingerprint density at radius 3 is 2.50 bits per heavy atom. The Labute approximate surface area is 108 Å². The molecule has 96 valence electrons. The topological polar surface area (TPSA) is 38.9 Å². The summed E-state index contributed by atoms with van der Waals surface area (Å²) < 4.78 is 26.0. The third-order valence-electron chi connectivity index (χ3n) is 2.70. The van der Waals surface area contributed by atoms with Gasteiger partial charge in [0, 0.05) is 5.38 Å². The van der Waals surface area contributed by atoms with Crippen molar-refractivity contribution in [3.05, 3.63) is 51.5 Å². The van der Waals surface area contributed by atoms with E-state index in [0.717, 1.165) is 17.8 Å². The van der Waals surface area contributed by atoms with Crippen LogP contribution in [0.4, 0.5) is 8.78 Å². The second-order valence-electron chi connectivity index (χ2n) is 4.42. The van der Waals surface area contributed by atoms with E-state index in [1.54, 1.807) is 0 Å². The fourth-order valence-corrected chi connectivity index (χ4v) is 2.56. The highest BCUT2D eigenvalue weighted by molar-refractivity contribution is 7.09. The predicted octanol–water partition coefficient (Wildman–Crippen LogP) is 3.59. The monoisotopic (exact) mass is 268 g/mol. The molecule has 0 amide bonds. The third kappa shape index (κ3) is 2.57. The summed E-state index contributed by atoms with van der Waals surface area (Å²) in [5.41, 5.74) is 7.50. The minimum absolute atomic E-state index is 0.326. The number of nitrogens with zero attached hydrogens (tertiary/aromatic N) is 1. The van der Waals surface area contributed by atoms with Crippen LogP contribution in [0.15, 0.2) is 23.6 Å². The first-order valence-corrected chi connectivity index (χ1v) is 6.53. The zero-order valence-electron chi connectivity index (χ0n) is 10.2. The molecular weight excluding hydrogens is 254 g/mol. The first kappa shape index (κ1) is 13.1. The van der Waals surface area contributed by atoms with Crippen LogP contribution >= 0.6 is 11.3 Å². The molecule has 2 nitrogen and oxygen atoms in total. The molecule has 1 atom stereocenters. The summed E-state index contributed by atoms with van der Waals surface area (Å²) in [6, 6.07) is 3.18. The van der Waals surface area contributed by atoms with Crippen molar-refractivity contribution >= 4 is 11.3 Å². The average Bonchev–Trinajstić information content (AvgIpc) is 2.81. The first-order chi connectivity index (χ1) is 8.49. The Morgan fingerprint density at radius 1 is 1.22 bits per heavy atom. The molecule has 2 N–H and O–H groups in total. The summed E-state index contributed by atoms with van der Waals surface area (Å²) in [6.07, 6.45) is 0. The van der Waals surface area contributed by atoms with E-state index in [9.17, 15) is 8.78 Å². The van der Waals surface area contributed by atoms with Crippen LogP contribution in [0.25, 0.3) is 0 Å². The molecule has 0 saturated heterocycles. The van der Waals surface area contributed by atoms with E-state index in [4.69, 9.17) is 5.73 Å². The van der Waals surface area contributed by atoms with Gasteiger partial charge in [0.2, 0.25) is 0 Å². The summed E-state index contributed by atoms with van der Waals surface area (Å²) in [4.78, 5) is 4.42. The molecule has 2 aromatic rings. The third-order valence-corrected chi connectivity index (χ3v) is 3.65. The van der Waals surface area contributed by atoms with Gasteiger partial charge in [-0.2, -0.15) is 0 Å². The maximum atomic E-state index is 13.1. The largest absolute Gasteiger partial charge is 0.318 e. The van der Waals surface area contributed by atoms with Crippen LogP contribution in [0.3, 0.4) is 0 Å². The van der Waals surface area contributed by atoms with Gasteiger partial charge in [-0.05, 0) is 23.6 Å². The van der Waals surface area contributed by atoms with Gasteiger partial charge < -0.3 is 5.73 Å². The molecule has 0 aliphatic rings. The number of thiazole rings is 1. The Kier molecular flexibility index (Phi) is 3.73. The van der Waals surface area contributed by atoms with E-state index in [1.807, 2.05) is 19.2 Å². The molecule has 0 spiro atoms. The zero-order chi connectivity index (χ0) is 13.3. The second-order valence-corrected chi connectivity index (χ2v) is 5.31. The van der Waals surface area contributed by atoms with Crippen molar-refractivity contribution in [3.8, 4) is 0 Å². The quantitative estimate of drug-likeness (QED) is 0.923. The van der Waals surface area contributed by atoms with E-state index in [1.165, 1.54) is 17.4 Å². The number of hydrogen-bond donors (Lipinski definition) is 1. The van der Waals surface area contributed by atoms with Gasteiger partial charge in [0.1, 0.15) is 5.01 Å². The van der Waals surface area contributed by atoms with Gasteiger partial charge >= 0.3 is 0 Å². The van der Waals surface area contributed by atoms with Gasteiger partial charge in [0.05, 0.1) is 11.7 Å². The summed E-state index contributed by atoms with van der Waals surface area (Å²) >= 11 is 1.44. The van der Waals surface area contributed by atoms with Crippen LogP contribution in [-0.4, -0.2) is 4.98 Å². The number of nitrogens with two attached hydrogens (primary N) is 1. The normalized spacial score (nSPS) is 13.0. The molecule has 1 heterocycles. The SMILES string of the molecule is CC(C)c1csc(C(N)c2ccc(F)c(F)c2)n1. The first-order valence-electron chi connectivity index (χ1n) is 5.65. The van der Waals surface area contributed by atoms with E-state index in [-0.39, 0.29) is 0 Å². The lowest BCUT2D eigenvalue weighted by atomic mass is 10.1. The van der Waals surface area contributed by atoms with E-state index in [0.29, 0.717) is 16.5 Å². The second kappa shape index (κ2) is 5.12. The number of halogens is 2. The molecular formula is C13H14F2N2S. The maximum absolute atomic E-state index is 13.1. The van der Waals surface area contributed by atoms with Gasteiger partial charge in [-0.15, -0.1) is 11.3 Å². The highest BCUT2D eigenvalue weighted by Crippen LogP contribution is 2.26. The smallest absolute Gasteiger partial charge is 0.159 e. The lowest BCUT2D eigenvalue weighted by molar-refractivity contribution is 0.506. The van der Waals surface area contributed by atoms with Gasteiger partial charge in [-0.3, -0.25) is 0 Å². The zero-order valence-corrected chi connectivity index (χ0v) is 11.0. The van der Waals surface area contributed by atoms with Crippen LogP contribution < -0.4 is 5.73 Å². The predicted molar refractivity (Wildman–Crippen MR) is 68.6 cm³/mol. The number of hydrogen-bond acceptors (Lipinski definition) is 3. The molecule has 0 aliphatic heterocycles. The molecule has 0 bridgehead atoms. The van der Waals surface area contributed by atoms with Crippen LogP contribution in [-0.2, 0) is 0 Å². The van der Waals surface area contributed by atoms with Crippen molar-refractivity contribution in [2.45, 2.75) is 25.8 Å². The number of benzene rings is 1. The van der Waals surface area contributed by atoms with Crippen LogP contribution in [0.5, 0.6) is 0 Å². The Bertz CT molecular complexity index is 552. The Morgan fingerprint density at radius 2 is 1.94 bits per heavy atom. The molecule has 18 heavy (non-hydrogen) atoms. The summed E-state index contributed by atoms with van der Waals surface area (Å²) in [5.74, 6) is -1.43. The lowest BCUT2D eigenvalue weighted by Gasteiger charge is -2.09. The Hall–Kier alpha value is -1.33. The minimum atomic E-state index is -0.886. The van der Waals surface area contributed by atoms with Gasteiger partial charge in [-0.1, -0.05) is 19.9 Å². The molecule has 5 heteroatoms. The van der Waals surface area contributed by atoms with Gasteiger partial charge in [0.15, 0.2) is 11.6 Å². The summed E-state index contributed by atoms with van der Waals surface area (Å²) in [6.45, 7) is 4.09. The Balaban J connectivity index is 2.29. The highest BCUT2D eigenvalue weighted by Gasteiger charge is 2.16. The van der Waals surface area contributed by atoms with Crippen molar-refractivity contribution < 1.29 is 8.78 Å². The lowest BCUT2D eigenvalue weighted by Crippen LogP contribution is -2.12.